The number of rotatable bonds is 7. The summed E-state index contributed by atoms with van der Waals surface area (Å²) in [6.07, 6.45) is -2.19. The molecule has 0 aliphatic rings. The molecule has 26 heavy (non-hydrogen) atoms. The van der Waals surface area contributed by atoms with Gasteiger partial charge in [0.05, 0.1) is 12.2 Å². The van der Waals surface area contributed by atoms with Gasteiger partial charge in [0.1, 0.15) is 0 Å². The summed E-state index contributed by atoms with van der Waals surface area (Å²) in [4.78, 5) is 11.5. The highest BCUT2D eigenvalue weighted by molar-refractivity contribution is 5.69. The van der Waals surface area contributed by atoms with Gasteiger partial charge in [0.15, 0.2) is 0 Å². The van der Waals surface area contributed by atoms with Gasteiger partial charge in [-0.25, -0.2) is 0 Å². The van der Waals surface area contributed by atoms with Gasteiger partial charge in [-0.05, 0) is 54.5 Å². The lowest BCUT2D eigenvalue weighted by Gasteiger charge is -2.11. The van der Waals surface area contributed by atoms with Crippen LogP contribution >= 0.6 is 0 Å². The maximum atomic E-state index is 12.6. The zero-order valence-electron chi connectivity index (χ0n) is 15.0. The van der Waals surface area contributed by atoms with E-state index in [1.165, 1.54) is 12.1 Å². The van der Waals surface area contributed by atoms with Crippen molar-refractivity contribution in [1.29, 1.82) is 0 Å². The number of carbonyl (C=O) groups excluding carboxylic acids is 1. The molecule has 0 radical (unpaired) electrons. The fourth-order valence-electron chi connectivity index (χ4n) is 2.74. The lowest BCUT2D eigenvalue weighted by Crippen LogP contribution is -2.10. The largest absolute Gasteiger partial charge is 0.466 e. The van der Waals surface area contributed by atoms with Gasteiger partial charge >= 0.3 is 12.1 Å². The van der Waals surface area contributed by atoms with Gasteiger partial charge in [0.25, 0.3) is 0 Å². The van der Waals surface area contributed by atoms with Crippen LogP contribution in [0.2, 0.25) is 0 Å². The maximum absolute atomic E-state index is 12.6. The van der Waals surface area contributed by atoms with Gasteiger partial charge in [0.2, 0.25) is 0 Å². The molecule has 140 valence electrons. The molecule has 5 heteroatoms. The van der Waals surface area contributed by atoms with Crippen molar-refractivity contribution in [2.24, 2.45) is 5.92 Å². The van der Waals surface area contributed by atoms with E-state index in [2.05, 4.69) is 0 Å². The molecular weight excluding hydrogens is 341 g/mol. The van der Waals surface area contributed by atoms with Gasteiger partial charge in [-0.1, -0.05) is 43.3 Å². The Morgan fingerprint density at radius 2 is 1.54 bits per heavy atom. The van der Waals surface area contributed by atoms with Crippen molar-refractivity contribution in [1.82, 2.24) is 0 Å². The summed E-state index contributed by atoms with van der Waals surface area (Å²) >= 11 is 0. The third-order valence-electron chi connectivity index (χ3n) is 4.25. The van der Waals surface area contributed by atoms with E-state index >= 15 is 0 Å². The second-order valence-electron chi connectivity index (χ2n) is 6.43. The van der Waals surface area contributed by atoms with E-state index in [1.807, 2.05) is 31.2 Å². The van der Waals surface area contributed by atoms with Gasteiger partial charge in [-0.15, -0.1) is 0 Å². The van der Waals surface area contributed by atoms with Crippen LogP contribution in [0.1, 0.15) is 37.8 Å². The number of benzene rings is 2. The van der Waals surface area contributed by atoms with Gasteiger partial charge in [-0.3, -0.25) is 4.79 Å². The Hall–Kier alpha value is -2.30. The fraction of sp³-hybridized carbons (Fsp3) is 0.381. The first-order chi connectivity index (χ1) is 12.3. The van der Waals surface area contributed by atoms with E-state index in [0.29, 0.717) is 13.0 Å². The first kappa shape index (κ1) is 20.0. The van der Waals surface area contributed by atoms with Gasteiger partial charge < -0.3 is 4.74 Å². The number of esters is 1. The highest BCUT2D eigenvalue weighted by Gasteiger charge is 2.29. The summed E-state index contributed by atoms with van der Waals surface area (Å²) < 4.78 is 42.8. The zero-order valence-corrected chi connectivity index (χ0v) is 15.0. The first-order valence-electron chi connectivity index (χ1n) is 8.71. The molecule has 0 spiro atoms. The Morgan fingerprint density at radius 3 is 2.04 bits per heavy atom. The van der Waals surface area contributed by atoms with E-state index in [9.17, 15) is 18.0 Å². The van der Waals surface area contributed by atoms with Crippen molar-refractivity contribution in [3.05, 3.63) is 59.7 Å². The molecule has 0 heterocycles. The van der Waals surface area contributed by atoms with Crippen molar-refractivity contribution in [2.45, 2.75) is 39.3 Å². The minimum atomic E-state index is -4.32. The highest BCUT2D eigenvalue weighted by Crippen LogP contribution is 2.31. The molecule has 0 aliphatic carbocycles. The number of alkyl halides is 3. The molecule has 0 N–H and O–H groups in total. The van der Waals surface area contributed by atoms with Crippen molar-refractivity contribution in [3.8, 4) is 11.1 Å². The molecular formula is C21H23F3O2. The summed E-state index contributed by atoms with van der Waals surface area (Å²) in [5.41, 5.74) is 2.12. The maximum Gasteiger partial charge on any atom is 0.416 e. The fourth-order valence-corrected chi connectivity index (χ4v) is 2.74. The Kier molecular flexibility index (Phi) is 6.83. The van der Waals surface area contributed by atoms with E-state index in [4.69, 9.17) is 4.74 Å². The quantitative estimate of drug-likeness (QED) is 0.572. The number of hydrogen-bond acceptors (Lipinski definition) is 2. The van der Waals surface area contributed by atoms with Crippen LogP contribution in [0.25, 0.3) is 11.1 Å². The number of hydrogen-bond donors (Lipinski definition) is 0. The van der Waals surface area contributed by atoms with E-state index in [1.54, 1.807) is 6.92 Å². The number of carbonyl (C=O) groups is 1. The molecule has 2 aromatic rings. The van der Waals surface area contributed by atoms with Gasteiger partial charge in [-0.2, -0.15) is 13.2 Å². The Bertz CT molecular complexity index is 704. The molecule has 2 rings (SSSR count). The Balaban J connectivity index is 1.93. The molecule has 0 aliphatic heterocycles. The Labute approximate surface area is 152 Å². The molecule has 2 nitrogen and oxygen atoms in total. The molecule has 1 unspecified atom stereocenters. The monoisotopic (exact) mass is 364 g/mol. The third-order valence-corrected chi connectivity index (χ3v) is 4.25. The first-order valence-corrected chi connectivity index (χ1v) is 8.71. The summed E-state index contributed by atoms with van der Waals surface area (Å²) in [6.45, 7) is 4.21. The van der Waals surface area contributed by atoms with Crippen LogP contribution in [0.5, 0.6) is 0 Å². The van der Waals surface area contributed by atoms with Crippen LogP contribution in [0, 0.1) is 5.92 Å². The van der Waals surface area contributed by atoms with Crippen molar-refractivity contribution >= 4 is 5.97 Å². The van der Waals surface area contributed by atoms with Crippen LogP contribution in [-0.2, 0) is 22.1 Å². The molecule has 0 amide bonds. The van der Waals surface area contributed by atoms with Crippen LogP contribution in [0.15, 0.2) is 48.5 Å². The van der Waals surface area contributed by atoms with Crippen molar-refractivity contribution < 1.29 is 22.7 Å². The lowest BCUT2D eigenvalue weighted by atomic mass is 9.96. The van der Waals surface area contributed by atoms with Crippen LogP contribution < -0.4 is 0 Å². The third kappa shape index (κ3) is 5.90. The van der Waals surface area contributed by atoms with Crippen molar-refractivity contribution in [3.63, 3.8) is 0 Å². The molecule has 2 aromatic carbocycles. The normalized spacial score (nSPS) is 12.7. The Morgan fingerprint density at radius 1 is 1.00 bits per heavy atom. The summed E-state index contributed by atoms with van der Waals surface area (Å²) in [5, 5.41) is 0. The lowest BCUT2D eigenvalue weighted by molar-refractivity contribution is -0.144. The predicted octanol–water partition coefficient (Wildman–Crippen LogP) is 5.89. The zero-order chi connectivity index (χ0) is 19.2. The topological polar surface area (TPSA) is 26.3 Å². The van der Waals surface area contributed by atoms with Gasteiger partial charge in [0, 0.05) is 6.42 Å². The number of aryl methyl sites for hydroxylation is 1. The van der Waals surface area contributed by atoms with Crippen LogP contribution in [0.4, 0.5) is 13.2 Å². The summed E-state index contributed by atoms with van der Waals surface area (Å²) in [5.74, 6) is 0.0706. The van der Waals surface area contributed by atoms with Crippen molar-refractivity contribution in [2.75, 3.05) is 6.61 Å². The second kappa shape index (κ2) is 8.88. The summed E-state index contributed by atoms with van der Waals surface area (Å²) in [6, 6.07) is 12.9. The predicted molar refractivity (Wildman–Crippen MR) is 95.6 cm³/mol. The molecule has 0 bridgehead atoms. The molecule has 0 saturated carbocycles. The van der Waals surface area contributed by atoms with E-state index < -0.39 is 11.7 Å². The standard InChI is InChI=1S/C21H23F3O2/c1-3-26-20(25)14-15(2)4-5-16-6-8-17(9-7-16)18-10-12-19(13-11-18)21(22,23)24/h6-13,15H,3-5,14H2,1-2H3. The average Bonchev–Trinajstić information content (AvgIpc) is 2.60. The second-order valence-corrected chi connectivity index (χ2v) is 6.43. The summed E-state index contributed by atoms with van der Waals surface area (Å²) in [7, 11) is 0. The van der Waals surface area contributed by atoms with Crippen LogP contribution in [-0.4, -0.2) is 12.6 Å². The molecule has 0 saturated heterocycles. The van der Waals surface area contributed by atoms with Crippen LogP contribution in [0.3, 0.4) is 0 Å². The average molecular weight is 364 g/mol. The van der Waals surface area contributed by atoms with E-state index in [-0.39, 0.29) is 11.9 Å². The number of halogens is 3. The van der Waals surface area contributed by atoms with E-state index in [0.717, 1.165) is 41.7 Å². The minimum absolute atomic E-state index is 0.169. The smallest absolute Gasteiger partial charge is 0.416 e. The number of ether oxygens (including phenoxy) is 1. The molecule has 0 fully saturated rings. The SMILES string of the molecule is CCOC(=O)CC(C)CCc1ccc(-c2ccc(C(F)(F)F)cc2)cc1. The highest BCUT2D eigenvalue weighted by atomic mass is 19.4. The molecule has 1 atom stereocenters. The minimum Gasteiger partial charge on any atom is -0.466 e. The molecule has 0 aromatic heterocycles.